The van der Waals surface area contributed by atoms with Gasteiger partial charge in [-0.05, 0) is 23.8 Å². The molecular formula is C22H19ClN4O2S. The third-order valence-corrected chi connectivity index (χ3v) is 5.74. The summed E-state index contributed by atoms with van der Waals surface area (Å²) in [5.74, 6) is 1.63. The van der Waals surface area contributed by atoms with E-state index >= 15 is 0 Å². The van der Waals surface area contributed by atoms with E-state index in [-0.39, 0.29) is 11.7 Å². The van der Waals surface area contributed by atoms with E-state index in [9.17, 15) is 4.79 Å². The summed E-state index contributed by atoms with van der Waals surface area (Å²) >= 11 is 7.48. The Bertz CT molecular complexity index is 1110. The molecule has 4 rings (SSSR count). The quantitative estimate of drug-likeness (QED) is 0.405. The predicted octanol–water partition coefficient (Wildman–Crippen LogP) is 4.65. The lowest BCUT2D eigenvalue weighted by Gasteiger charge is -2.09. The fourth-order valence-corrected chi connectivity index (χ4v) is 3.88. The van der Waals surface area contributed by atoms with Gasteiger partial charge in [0.15, 0.2) is 11.0 Å². The molecular weight excluding hydrogens is 420 g/mol. The second-order valence-electron chi connectivity index (χ2n) is 6.49. The van der Waals surface area contributed by atoms with Gasteiger partial charge in [0.25, 0.3) is 0 Å². The molecule has 0 fully saturated rings. The van der Waals surface area contributed by atoms with Crippen LogP contribution in [0.5, 0.6) is 0 Å². The second kappa shape index (κ2) is 9.65. The topological polar surface area (TPSA) is 73.0 Å². The van der Waals surface area contributed by atoms with Gasteiger partial charge in [0.05, 0.1) is 18.6 Å². The van der Waals surface area contributed by atoms with Crippen molar-refractivity contribution in [1.29, 1.82) is 0 Å². The molecule has 2 aromatic heterocycles. The monoisotopic (exact) mass is 438 g/mol. The van der Waals surface area contributed by atoms with Crippen LogP contribution in [0.4, 0.5) is 0 Å². The average molecular weight is 439 g/mol. The van der Waals surface area contributed by atoms with Crippen molar-refractivity contribution in [2.75, 3.05) is 5.75 Å². The van der Waals surface area contributed by atoms with Gasteiger partial charge in [0.1, 0.15) is 5.76 Å². The van der Waals surface area contributed by atoms with Gasteiger partial charge in [-0.25, -0.2) is 0 Å². The molecule has 0 radical (unpaired) electrons. The molecule has 8 heteroatoms. The molecule has 0 saturated heterocycles. The van der Waals surface area contributed by atoms with Crippen LogP contribution in [0, 0.1) is 0 Å². The van der Waals surface area contributed by atoms with Gasteiger partial charge >= 0.3 is 0 Å². The number of furan rings is 1. The number of carbonyl (C=O) groups excluding carboxylic acids is 1. The Morgan fingerprint density at radius 3 is 2.60 bits per heavy atom. The molecule has 0 aliphatic heterocycles. The van der Waals surface area contributed by atoms with Gasteiger partial charge in [-0.15, -0.1) is 10.2 Å². The SMILES string of the molecule is O=C(CSc1nnc(-c2ccccc2)n1Cc1ccco1)NCc1ccccc1Cl. The van der Waals surface area contributed by atoms with E-state index in [1.165, 1.54) is 11.8 Å². The van der Waals surface area contributed by atoms with Gasteiger partial charge in [0.2, 0.25) is 5.91 Å². The number of amides is 1. The number of rotatable bonds is 8. The number of halogens is 1. The molecule has 2 heterocycles. The van der Waals surface area contributed by atoms with E-state index in [0.717, 1.165) is 22.7 Å². The Hall–Kier alpha value is -3.03. The molecule has 1 amide bonds. The lowest BCUT2D eigenvalue weighted by molar-refractivity contribution is -0.118. The van der Waals surface area contributed by atoms with Crippen molar-refractivity contribution < 1.29 is 9.21 Å². The summed E-state index contributed by atoms with van der Waals surface area (Å²) in [6.07, 6.45) is 1.64. The molecule has 0 bridgehead atoms. The van der Waals surface area contributed by atoms with Crippen LogP contribution in [0.1, 0.15) is 11.3 Å². The summed E-state index contributed by atoms with van der Waals surface area (Å²) < 4.78 is 7.46. The number of nitrogens with zero attached hydrogens (tertiary/aromatic N) is 3. The zero-order chi connectivity index (χ0) is 20.8. The van der Waals surface area contributed by atoms with Crippen LogP contribution >= 0.6 is 23.4 Å². The first-order chi connectivity index (χ1) is 14.7. The molecule has 0 aliphatic rings. The number of hydrogen-bond donors (Lipinski definition) is 1. The van der Waals surface area contributed by atoms with Crippen LogP contribution in [0.2, 0.25) is 5.02 Å². The normalized spacial score (nSPS) is 10.8. The summed E-state index contributed by atoms with van der Waals surface area (Å²) in [4.78, 5) is 12.4. The molecule has 4 aromatic rings. The Labute approximate surface area is 183 Å². The van der Waals surface area contributed by atoms with Crippen molar-refractivity contribution in [2.24, 2.45) is 0 Å². The highest BCUT2D eigenvalue weighted by Gasteiger charge is 2.17. The minimum absolute atomic E-state index is 0.103. The van der Waals surface area contributed by atoms with Crippen LogP contribution in [0.25, 0.3) is 11.4 Å². The predicted molar refractivity (Wildman–Crippen MR) is 117 cm³/mol. The number of nitrogens with one attached hydrogen (secondary N) is 1. The Kier molecular flexibility index (Phi) is 6.51. The van der Waals surface area contributed by atoms with E-state index in [1.54, 1.807) is 12.3 Å². The maximum Gasteiger partial charge on any atom is 0.230 e. The molecule has 0 atom stereocenters. The van der Waals surface area contributed by atoms with Gasteiger partial charge in [0, 0.05) is 17.1 Å². The number of thioether (sulfide) groups is 1. The molecule has 2 aromatic carbocycles. The van der Waals surface area contributed by atoms with Crippen molar-refractivity contribution >= 4 is 29.3 Å². The first-order valence-corrected chi connectivity index (χ1v) is 10.7. The zero-order valence-electron chi connectivity index (χ0n) is 16.0. The summed E-state index contributed by atoms with van der Waals surface area (Å²) in [5, 5.41) is 12.8. The number of aromatic nitrogens is 3. The van der Waals surface area contributed by atoms with Crippen molar-refractivity contribution in [1.82, 2.24) is 20.1 Å². The van der Waals surface area contributed by atoms with Crippen LogP contribution in [-0.4, -0.2) is 26.4 Å². The fraction of sp³-hybridized carbons (Fsp3) is 0.136. The first kappa shape index (κ1) is 20.3. The summed E-state index contributed by atoms with van der Waals surface area (Å²) in [6, 6.07) is 21.0. The van der Waals surface area contributed by atoms with Gasteiger partial charge < -0.3 is 9.73 Å². The van der Waals surface area contributed by atoms with Crippen molar-refractivity contribution in [3.05, 3.63) is 89.3 Å². The van der Waals surface area contributed by atoms with Gasteiger partial charge in [-0.3, -0.25) is 9.36 Å². The molecule has 6 nitrogen and oxygen atoms in total. The zero-order valence-corrected chi connectivity index (χ0v) is 17.6. The lowest BCUT2D eigenvalue weighted by Crippen LogP contribution is -2.24. The molecule has 30 heavy (non-hydrogen) atoms. The van der Waals surface area contributed by atoms with E-state index < -0.39 is 0 Å². The molecule has 152 valence electrons. The van der Waals surface area contributed by atoms with Crippen LogP contribution < -0.4 is 5.32 Å². The first-order valence-electron chi connectivity index (χ1n) is 9.34. The third kappa shape index (κ3) is 4.93. The fourth-order valence-electron chi connectivity index (χ4n) is 2.91. The highest BCUT2D eigenvalue weighted by molar-refractivity contribution is 7.99. The summed E-state index contributed by atoms with van der Waals surface area (Å²) in [7, 11) is 0. The highest BCUT2D eigenvalue weighted by atomic mass is 35.5. The van der Waals surface area contributed by atoms with E-state index in [2.05, 4.69) is 15.5 Å². The Morgan fingerprint density at radius 1 is 1.03 bits per heavy atom. The number of benzene rings is 2. The summed E-state index contributed by atoms with van der Waals surface area (Å²) in [5.41, 5.74) is 1.83. The van der Waals surface area contributed by atoms with Crippen molar-refractivity contribution in [2.45, 2.75) is 18.2 Å². The summed E-state index contributed by atoms with van der Waals surface area (Å²) in [6.45, 7) is 0.862. The van der Waals surface area contributed by atoms with Crippen LogP contribution in [0.3, 0.4) is 0 Å². The van der Waals surface area contributed by atoms with Crippen molar-refractivity contribution in [3.8, 4) is 11.4 Å². The Morgan fingerprint density at radius 2 is 1.83 bits per heavy atom. The minimum atomic E-state index is -0.103. The average Bonchev–Trinajstić information content (AvgIpc) is 3.43. The van der Waals surface area contributed by atoms with Gasteiger partial charge in [-0.1, -0.05) is 71.9 Å². The molecule has 0 saturated carbocycles. The lowest BCUT2D eigenvalue weighted by atomic mass is 10.2. The minimum Gasteiger partial charge on any atom is -0.467 e. The van der Waals surface area contributed by atoms with Gasteiger partial charge in [-0.2, -0.15) is 0 Å². The molecule has 0 unspecified atom stereocenters. The largest absolute Gasteiger partial charge is 0.467 e. The number of hydrogen-bond acceptors (Lipinski definition) is 5. The maximum atomic E-state index is 12.4. The maximum absolute atomic E-state index is 12.4. The second-order valence-corrected chi connectivity index (χ2v) is 7.84. The van der Waals surface area contributed by atoms with Crippen LogP contribution in [0.15, 0.2) is 82.6 Å². The molecule has 1 N–H and O–H groups in total. The standard InChI is InChI=1S/C22H19ClN4O2S/c23-19-11-5-4-9-17(19)13-24-20(28)15-30-22-26-25-21(16-7-2-1-3-8-16)27(22)14-18-10-6-12-29-18/h1-12H,13-15H2,(H,24,28). The Balaban J connectivity index is 1.46. The smallest absolute Gasteiger partial charge is 0.230 e. The van der Waals surface area contributed by atoms with E-state index in [1.807, 2.05) is 65.2 Å². The van der Waals surface area contributed by atoms with Crippen LogP contribution in [-0.2, 0) is 17.9 Å². The molecule has 0 aliphatic carbocycles. The highest BCUT2D eigenvalue weighted by Crippen LogP contribution is 2.25. The van der Waals surface area contributed by atoms with E-state index in [0.29, 0.717) is 23.3 Å². The molecule has 0 spiro atoms. The number of carbonyl (C=O) groups is 1. The third-order valence-electron chi connectivity index (χ3n) is 4.41. The van der Waals surface area contributed by atoms with Crippen molar-refractivity contribution in [3.63, 3.8) is 0 Å². The van der Waals surface area contributed by atoms with E-state index in [4.69, 9.17) is 16.0 Å².